The predicted molar refractivity (Wildman–Crippen MR) is 66.4 cm³/mol. The maximum atomic E-state index is 13.7. The van der Waals surface area contributed by atoms with Crippen LogP contribution >= 0.6 is 0 Å². The first-order valence-electron chi connectivity index (χ1n) is 6.09. The summed E-state index contributed by atoms with van der Waals surface area (Å²) in [6, 6.07) is 0. The molecule has 0 amide bonds. The van der Waals surface area contributed by atoms with E-state index < -0.39 is 40.4 Å². The number of carbonyl (C=O) groups is 1. The number of hydrogen-bond donors (Lipinski definition) is 1. The maximum absolute atomic E-state index is 13.7. The number of benzene rings is 1. The van der Waals surface area contributed by atoms with Gasteiger partial charge in [0.2, 0.25) is 0 Å². The van der Waals surface area contributed by atoms with E-state index in [2.05, 4.69) is 0 Å². The van der Waals surface area contributed by atoms with Crippen LogP contribution in [0.4, 0.5) is 17.6 Å². The van der Waals surface area contributed by atoms with E-state index >= 15 is 0 Å². The van der Waals surface area contributed by atoms with Gasteiger partial charge in [0.1, 0.15) is 5.56 Å². The van der Waals surface area contributed by atoms with Gasteiger partial charge >= 0.3 is 5.97 Å². The van der Waals surface area contributed by atoms with Crippen LogP contribution in [0.3, 0.4) is 0 Å². The topological polar surface area (TPSA) is 37.3 Å². The zero-order chi connectivity index (χ0) is 15.4. The summed E-state index contributed by atoms with van der Waals surface area (Å²) in [7, 11) is 0. The molecule has 0 aliphatic heterocycles. The van der Waals surface area contributed by atoms with Crippen LogP contribution in [0.5, 0.6) is 0 Å². The molecule has 0 aliphatic rings. The SMILES string of the molecule is CCCCC=C(C)c1c(F)c(F)c(F)c(F)c1C(=O)O. The largest absolute Gasteiger partial charge is 0.478 e. The number of carboxylic acid groups (broad SMARTS) is 1. The Balaban J connectivity index is 3.52. The number of allylic oxidation sites excluding steroid dienone is 2. The fraction of sp³-hybridized carbons (Fsp3) is 0.357. The van der Waals surface area contributed by atoms with Gasteiger partial charge in [-0.2, -0.15) is 0 Å². The Morgan fingerprint density at radius 3 is 2.00 bits per heavy atom. The monoisotopic (exact) mass is 290 g/mol. The van der Waals surface area contributed by atoms with E-state index in [-0.39, 0.29) is 5.57 Å². The molecule has 1 aromatic carbocycles. The Bertz CT molecular complexity index is 565. The van der Waals surface area contributed by atoms with Gasteiger partial charge in [0, 0.05) is 5.56 Å². The van der Waals surface area contributed by atoms with Gasteiger partial charge < -0.3 is 5.11 Å². The van der Waals surface area contributed by atoms with Gasteiger partial charge in [0.05, 0.1) is 0 Å². The summed E-state index contributed by atoms with van der Waals surface area (Å²) in [6.45, 7) is 3.25. The molecule has 0 saturated carbocycles. The molecule has 0 aliphatic carbocycles. The third-order valence-corrected chi connectivity index (χ3v) is 2.88. The Hall–Kier alpha value is -1.85. The number of aromatic carboxylic acids is 1. The molecule has 20 heavy (non-hydrogen) atoms. The highest BCUT2D eigenvalue weighted by molar-refractivity contribution is 5.94. The van der Waals surface area contributed by atoms with E-state index in [1.807, 2.05) is 6.92 Å². The molecule has 0 spiro atoms. The molecule has 0 aromatic heterocycles. The van der Waals surface area contributed by atoms with Gasteiger partial charge in [-0.1, -0.05) is 25.8 Å². The first kappa shape index (κ1) is 16.2. The number of rotatable bonds is 5. The standard InChI is InChI=1S/C14H14F4O2/c1-3-4-5-6-7(2)8-9(14(19)20)11(16)13(18)12(17)10(8)15/h6H,3-5H2,1-2H3,(H,19,20). The van der Waals surface area contributed by atoms with Crippen LogP contribution < -0.4 is 0 Å². The van der Waals surface area contributed by atoms with E-state index in [0.717, 1.165) is 12.8 Å². The summed E-state index contributed by atoms with van der Waals surface area (Å²) < 4.78 is 53.6. The van der Waals surface area contributed by atoms with Crippen molar-refractivity contribution in [2.45, 2.75) is 33.1 Å². The highest BCUT2D eigenvalue weighted by Crippen LogP contribution is 2.30. The van der Waals surface area contributed by atoms with E-state index in [9.17, 15) is 22.4 Å². The zero-order valence-electron chi connectivity index (χ0n) is 11.1. The van der Waals surface area contributed by atoms with Crippen molar-refractivity contribution < 1.29 is 27.5 Å². The molecule has 1 aromatic rings. The molecule has 0 fully saturated rings. The molecular formula is C14H14F4O2. The maximum Gasteiger partial charge on any atom is 0.339 e. The summed E-state index contributed by atoms with van der Waals surface area (Å²) >= 11 is 0. The van der Waals surface area contributed by atoms with E-state index in [0.29, 0.717) is 6.42 Å². The second kappa shape index (κ2) is 6.54. The third kappa shape index (κ3) is 3.00. The van der Waals surface area contributed by atoms with E-state index in [4.69, 9.17) is 5.11 Å². The minimum Gasteiger partial charge on any atom is -0.478 e. The molecule has 0 heterocycles. The van der Waals surface area contributed by atoms with Gasteiger partial charge in [-0.25, -0.2) is 22.4 Å². The number of carboxylic acids is 1. The van der Waals surface area contributed by atoms with Crippen LogP contribution in [0.1, 0.15) is 49.0 Å². The molecule has 6 heteroatoms. The van der Waals surface area contributed by atoms with Crippen molar-refractivity contribution in [1.82, 2.24) is 0 Å². The van der Waals surface area contributed by atoms with E-state index in [1.165, 1.54) is 13.0 Å². The summed E-state index contributed by atoms with van der Waals surface area (Å²) in [5.41, 5.74) is -1.87. The Morgan fingerprint density at radius 1 is 1.05 bits per heavy atom. The smallest absolute Gasteiger partial charge is 0.339 e. The molecule has 0 radical (unpaired) electrons. The average molecular weight is 290 g/mol. The van der Waals surface area contributed by atoms with Gasteiger partial charge in [-0.3, -0.25) is 0 Å². The van der Waals surface area contributed by atoms with Crippen LogP contribution in [0.15, 0.2) is 6.08 Å². The molecule has 2 nitrogen and oxygen atoms in total. The lowest BCUT2D eigenvalue weighted by Crippen LogP contribution is -2.12. The molecular weight excluding hydrogens is 276 g/mol. The fourth-order valence-electron chi connectivity index (χ4n) is 1.83. The van der Waals surface area contributed by atoms with Crippen molar-refractivity contribution in [2.75, 3.05) is 0 Å². The number of hydrogen-bond acceptors (Lipinski definition) is 1. The van der Waals surface area contributed by atoms with Crippen LogP contribution in [0, 0.1) is 23.3 Å². The van der Waals surface area contributed by atoms with Crippen LogP contribution in [0.25, 0.3) is 5.57 Å². The quantitative estimate of drug-likeness (QED) is 0.374. The Kier molecular flexibility index (Phi) is 5.30. The van der Waals surface area contributed by atoms with Crippen molar-refractivity contribution in [1.29, 1.82) is 0 Å². The molecule has 0 unspecified atom stereocenters. The van der Waals surface area contributed by atoms with Crippen molar-refractivity contribution in [3.8, 4) is 0 Å². The third-order valence-electron chi connectivity index (χ3n) is 2.88. The second-order valence-electron chi connectivity index (χ2n) is 4.34. The minimum atomic E-state index is -2.12. The molecule has 0 saturated heterocycles. The lowest BCUT2D eigenvalue weighted by atomic mass is 9.97. The fourth-order valence-corrected chi connectivity index (χ4v) is 1.83. The molecule has 1 N–H and O–H groups in total. The molecule has 0 atom stereocenters. The molecule has 0 bridgehead atoms. The van der Waals surface area contributed by atoms with Crippen molar-refractivity contribution in [3.63, 3.8) is 0 Å². The highest BCUT2D eigenvalue weighted by Gasteiger charge is 2.29. The Morgan fingerprint density at radius 2 is 1.55 bits per heavy atom. The summed E-state index contributed by atoms with van der Waals surface area (Å²) in [6.07, 6.45) is 3.59. The van der Waals surface area contributed by atoms with Crippen molar-refractivity contribution >= 4 is 11.5 Å². The minimum absolute atomic E-state index is 0.0613. The normalized spacial score (nSPS) is 11.8. The van der Waals surface area contributed by atoms with Gasteiger partial charge in [-0.15, -0.1) is 0 Å². The highest BCUT2D eigenvalue weighted by atomic mass is 19.2. The number of unbranched alkanes of at least 4 members (excludes halogenated alkanes) is 2. The lowest BCUT2D eigenvalue weighted by molar-refractivity contribution is 0.0689. The van der Waals surface area contributed by atoms with Gasteiger partial charge in [0.25, 0.3) is 0 Å². The summed E-state index contributed by atoms with van der Waals surface area (Å²) in [5.74, 6) is -9.56. The summed E-state index contributed by atoms with van der Waals surface area (Å²) in [4.78, 5) is 11.0. The number of halogens is 4. The zero-order valence-corrected chi connectivity index (χ0v) is 11.1. The average Bonchev–Trinajstić information content (AvgIpc) is 2.39. The van der Waals surface area contributed by atoms with Crippen LogP contribution in [-0.2, 0) is 0 Å². The van der Waals surface area contributed by atoms with Gasteiger partial charge in [-0.05, 0) is 18.9 Å². The van der Waals surface area contributed by atoms with E-state index in [1.54, 1.807) is 0 Å². The summed E-state index contributed by atoms with van der Waals surface area (Å²) in [5, 5.41) is 8.88. The van der Waals surface area contributed by atoms with Crippen molar-refractivity contribution in [3.05, 3.63) is 40.5 Å². The van der Waals surface area contributed by atoms with Crippen LogP contribution in [-0.4, -0.2) is 11.1 Å². The second-order valence-corrected chi connectivity index (χ2v) is 4.34. The molecule has 1 rings (SSSR count). The van der Waals surface area contributed by atoms with Crippen LogP contribution in [0.2, 0.25) is 0 Å². The first-order chi connectivity index (χ1) is 9.32. The Labute approximate surface area is 113 Å². The lowest BCUT2D eigenvalue weighted by Gasteiger charge is -2.11. The molecule has 110 valence electrons. The van der Waals surface area contributed by atoms with Gasteiger partial charge in [0.15, 0.2) is 23.3 Å². The van der Waals surface area contributed by atoms with Crippen molar-refractivity contribution in [2.24, 2.45) is 0 Å². The predicted octanol–water partition coefficient (Wildman–Crippen LogP) is 4.53. The first-order valence-corrected chi connectivity index (χ1v) is 6.09.